The maximum Gasteiger partial charge on any atom is 0.257 e. The highest BCUT2D eigenvalue weighted by Gasteiger charge is 2.21. The van der Waals surface area contributed by atoms with Crippen molar-refractivity contribution in [2.45, 2.75) is 13.3 Å². The van der Waals surface area contributed by atoms with E-state index in [4.69, 9.17) is 17.0 Å². The lowest BCUT2D eigenvalue weighted by Gasteiger charge is -2.37. The number of hydrogen-bond acceptors (Lipinski definition) is 4. The van der Waals surface area contributed by atoms with Gasteiger partial charge in [0.15, 0.2) is 5.11 Å². The Balaban J connectivity index is 1.53. The van der Waals surface area contributed by atoms with Gasteiger partial charge in [-0.25, -0.2) is 0 Å². The van der Waals surface area contributed by atoms with Crippen molar-refractivity contribution in [3.63, 3.8) is 0 Å². The fraction of sp³-hybridized carbons (Fsp3) is 0.333. The number of carbonyl (C=O) groups is 1. The highest BCUT2D eigenvalue weighted by atomic mass is 79.9. The number of hydrogen-bond donors (Lipinski definition) is 1. The number of nitrogens with zero attached hydrogens (tertiary/aromatic N) is 2. The number of amides is 1. The van der Waals surface area contributed by atoms with Crippen molar-refractivity contribution < 1.29 is 9.53 Å². The fourth-order valence-electron chi connectivity index (χ4n) is 3.03. The first-order valence-electron chi connectivity index (χ1n) is 9.41. The van der Waals surface area contributed by atoms with E-state index in [2.05, 4.69) is 45.2 Å². The number of thiocarbonyl (C=S) groups is 1. The van der Waals surface area contributed by atoms with Crippen LogP contribution in [-0.4, -0.2) is 48.7 Å². The third-order valence-electron chi connectivity index (χ3n) is 4.56. The molecule has 7 heteroatoms. The fourth-order valence-corrected chi connectivity index (χ4v) is 3.79. The molecular formula is C21H24BrN3O2S. The number of para-hydroxylation sites is 1. The Bertz CT molecular complexity index is 824. The molecule has 5 nitrogen and oxygen atoms in total. The second-order valence-corrected chi connectivity index (χ2v) is 7.80. The van der Waals surface area contributed by atoms with Gasteiger partial charge in [0.05, 0.1) is 11.1 Å². The zero-order valence-corrected chi connectivity index (χ0v) is 18.3. The van der Waals surface area contributed by atoms with Crippen LogP contribution >= 0.6 is 28.1 Å². The van der Waals surface area contributed by atoms with E-state index in [0.717, 1.165) is 42.8 Å². The molecule has 0 aromatic heterocycles. The molecule has 2 aromatic carbocycles. The maximum atomic E-state index is 12.6. The van der Waals surface area contributed by atoms with Gasteiger partial charge in [0.25, 0.3) is 5.91 Å². The normalized spacial score (nSPS) is 13.9. The molecule has 0 atom stereocenters. The molecule has 0 unspecified atom stereocenters. The summed E-state index contributed by atoms with van der Waals surface area (Å²) in [6, 6.07) is 15.6. The van der Waals surface area contributed by atoms with Gasteiger partial charge in [0.2, 0.25) is 0 Å². The van der Waals surface area contributed by atoms with Crippen molar-refractivity contribution in [1.29, 1.82) is 0 Å². The molecule has 1 fully saturated rings. The second kappa shape index (κ2) is 9.89. The average molecular weight is 462 g/mol. The van der Waals surface area contributed by atoms with Crippen LogP contribution in [0.4, 0.5) is 5.69 Å². The minimum Gasteiger partial charge on any atom is -0.492 e. The van der Waals surface area contributed by atoms with E-state index in [1.165, 1.54) is 5.69 Å². The molecule has 3 rings (SSSR count). The smallest absolute Gasteiger partial charge is 0.257 e. The van der Waals surface area contributed by atoms with Crippen molar-refractivity contribution in [3.05, 3.63) is 58.6 Å². The molecule has 1 amide bonds. The molecule has 0 bridgehead atoms. The molecular weight excluding hydrogens is 438 g/mol. The number of piperazine rings is 1. The summed E-state index contributed by atoms with van der Waals surface area (Å²) in [6.45, 7) is 5.99. The van der Waals surface area contributed by atoms with Crippen LogP contribution in [0, 0.1) is 0 Å². The van der Waals surface area contributed by atoms with Crippen LogP contribution in [0.2, 0.25) is 0 Å². The van der Waals surface area contributed by atoms with Crippen molar-refractivity contribution in [1.82, 2.24) is 10.2 Å². The number of carbonyl (C=O) groups excluding carboxylic acids is 1. The van der Waals surface area contributed by atoms with Gasteiger partial charge < -0.3 is 14.5 Å². The first kappa shape index (κ1) is 20.6. The zero-order chi connectivity index (χ0) is 19.9. The molecule has 28 heavy (non-hydrogen) atoms. The van der Waals surface area contributed by atoms with Crippen LogP contribution < -0.4 is 15.0 Å². The third-order valence-corrected chi connectivity index (χ3v) is 5.54. The lowest BCUT2D eigenvalue weighted by atomic mass is 10.2. The summed E-state index contributed by atoms with van der Waals surface area (Å²) in [5, 5.41) is 3.32. The second-order valence-electron chi connectivity index (χ2n) is 6.56. The van der Waals surface area contributed by atoms with E-state index in [-0.39, 0.29) is 5.91 Å². The summed E-state index contributed by atoms with van der Waals surface area (Å²) >= 11 is 8.92. The molecule has 1 saturated heterocycles. The first-order chi connectivity index (χ1) is 13.6. The van der Waals surface area contributed by atoms with Gasteiger partial charge in [0.1, 0.15) is 5.75 Å². The minimum atomic E-state index is -0.210. The Hall–Kier alpha value is -2.12. The van der Waals surface area contributed by atoms with E-state index in [9.17, 15) is 4.79 Å². The van der Waals surface area contributed by atoms with Gasteiger partial charge in [-0.2, -0.15) is 0 Å². The predicted octanol–water partition coefficient (Wildman–Crippen LogP) is 4.07. The molecule has 1 aliphatic heterocycles. The van der Waals surface area contributed by atoms with Gasteiger partial charge in [0, 0.05) is 37.4 Å². The summed E-state index contributed by atoms with van der Waals surface area (Å²) in [4.78, 5) is 16.9. The monoisotopic (exact) mass is 461 g/mol. The Morgan fingerprint density at radius 3 is 2.50 bits per heavy atom. The summed E-state index contributed by atoms with van der Waals surface area (Å²) in [6.07, 6.45) is 0.931. The topological polar surface area (TPSA) is 44.8 Å². The standard InChI is InChI=1S/C21H24BrN3O2S/c1-2-14-27-19-9-8-16(15-18(19)22)20(26)23-21(28)25-12-10-24(11-13-25)17-6-4-3-5-7-17/h3-9,15H,2,10-14H2,1H3,(H,23,26,28). The summed E-state index contributed by atoms with van der Waals surface area (Å²) in [7, 11) is 0. The van der Waals surface area contributed by atoms with Crippen LogP contribution in [0.15, 0.2) is 53.0 Å². The molecule has 0 spiro atoms. The molecule has 0 radical (unpaired) electrons. The average Bonchev–Trinajstić information content (AvgIpc) is 2.73. The summed E-state index contributed by atoms with van der Waals surface area (Å²) in [5.74, 6) is 0.524. The third kappa shape index (κ3) is 5.23. The Kier molecular flexibility index (Phi) is 7.28. The van der Waals surface area contributed by atoms with E-state index >= 15 is 0 Å². The first-order valence-corrected chi connectivity index (χ1v) is 10.6. The largest absolute Gasteiger partial charge is 0.492 e. The number of ether oxygens (including phenoxy) is 1. The minimum absolute atomic E-state index is 0.210. The number of nitrogens with one attached hydrogen (secondary N) is 1. The maximum absolute atomic E-state index is 12.6. The van der Waals surface area contributed by atoms with Gasteiger partial charge in [-0.3, -0.25) is 10.1 Å². The molecule has 1 heterocycles. The van der Waals surface area contributed by atoms with Crippen LogP contribution in [0.1, 0.15) is 23.7 Å². The number of halogens is 1. The highest BCUT2D eigenvalue weighted by molar-refractivity contribution is 9.10. The van der Waals surface area contributed by atoms with Crippen LogP contribution in [0.25, 0.3) is 0 Å². The van der Waals surface area contributed by atoms with E-state index < -0.39 is 0 Å². The quantitative estimate of drug-likeness (QED) is 0.679. The Morgan fingerprint density at radius 2 is 1.86 bits per heavy atom. The molecule has 0 aliphatic carbocycles. The van der Waals surface area contributed by atoms with Crippen LogP contribution in [0.3, 0.4) is 0 Å². The molecule has 1 aliphatic rings. The van der Waals surface area contributed by atoms with Gasteiger partial charge in [-0.05, 0) is 64.9 Å². The molecule has 0 saturated carbocycles. The summed E-state index contributed by atoms with van der Waals surface area (Å²) < 4.78 is 6.39. The van der Waals surface area contributed by atoms with Crippen molar-refractivity contribution >= 4 is 44.9 Å². The Morgan fingerprint density at radius 1 is 1.14 bits per heavy atom. The lowest BCUT2D eigenvalue weighted by molar-refractivity contribution is 0.0973. The molecule has 148 valence electrons. The van der Waals surface area contributed by atoms with E-state index in [0.29, 0.717) is 17.3 Å². The van der Waals surface area contributed by atoms with Gasteiger partial charge in [-0.15, -0.1) is 0 Å². The number of rotatable bonds is 5. The predicted molar refractivity (Wildman–Crippen MR) is 120 cm³/mol. The molecule has 1 N–H and O–H groups in total. The Labute approximate surface area is 179 Å². The SMILES string of the molecule is CCCOc1ccc(C(=O)NC(=S)N2CCN(c3ccccc3)CC2)cc1Br. The molecule has 2 aromatic rings. The van der Waals surface area contributed by atoms with Crippen molar-refractivity contribution in [3.8, 4) is 5.75 Å². The lowest BCUT2D eigenvalue weighted by Crippen LogP contribution is -2.52. The van der Waals surface area contributed by atoms with Gasteiger partial charge in [-0.1, -0.05) is 25.1 Å². The highest BCUT2D eigenvalue weighted by Crippen LogP contribution is 2.26. The number of anilines is 1. The summed E-state index contributed by atoms with van der Waals surface area (Å²) in [5.41, 5.74) is 1.76. The van der Waals surface area contributed by atoms with Crippen LogP contribution in [0.5, 0.6) is 5.75 Å². The van der Waals surface area contributed by atoms with E-state index in [1.54, 1.807) is 18.2 Å². The van der Waals surface area contributed by atoms with Crippen molar-refractivity contribution in [2.75, 3.05) is 37.7 Å². The number of benzene rings is 2. The van der Waals surface area contributed by atoms with Crippen LogP contribution in [-0.2, 0) is 0 Å². The zero-order valence-electron chi connectivity index (χ0n) is 15.9. The van der Waals surface area contributed by atoms with E-state index in [1.807, 2.05) is 23.1 Å². The van der Waals surface area contributed by atoms with Gasteiger partial charge >= 0.3 is 0 Å². The van der Waals surface area contributed by atoms with Crippen molar-refractivity contribution in [2.24, 2.45) is 0 Å².